The lowest BCUT2D eigenvalue weighted by Crippen LogP contribution is -2.37. The van der Waals surface area contributed by atoms with Crippen LogP contribution in [0.3, 0.4) is 0 Å². The topological polar surface area (TPSA) is 34.6 Å². The van der Waals surface area contributed by atoms with E-state index in [0.29, 0.717) is 12.7 Å². The number of nitrogens with zero attached hydrogens (tertiary/aromatic N) is 2. The van der Waals surface area contributed by atoms with Gasteiger partial charge >= 0.3 is 0 Å². The number of anilines is 1. The monoisotopic (exact) mass is 390 g/mol. The van der Waals surface area contributed by atoms with Crippen molar-refractivity contribution < 1.29 is 9.47 Å². The molecule has 0 saturated carbocycles. The first-order valence-electron chi connectivity index (χ1n) is 8.29. The Morgan fingerprint density at radius 3 is 2.62 bits per heavy atom. The number of hydrogen-bond acceptors (Lipinski definition) is 4. The molecule has 0 amide bonds. The third-order valence-corrected chi connectivity index (χ3v) is 5.28. The third kappa shape index (κ3) is 4.08. The fourth-order valence-corrected chi connectivity index (χ4v) is 3.21. The van der Waals surface area contributed by atoms with Crippen LogP contribution in [0.2, 0.25) is 0 Å². The van der Waals surface area contributed by atoms with E-state index in [1.165, 1.54) is 0 Å². The Balaban J connectivity index is 1.52. The summed E-state index contributed by atoms with van der Waals surface area (Å²) >= 11 is 3.51. The van der Waals surface area contributed by atoms with Gasteiger partial charge in [0.25, 0.3) is 0 Å². The van der Waals surface area contributed by atoms with E-state index in [1.807, 2.05) is 25.1 Å². The van der Waals surface area contributed by atoms with Gasteiger partial charge in [0.1, 0.15) is 11.6 Å². The number of halogens is 1. The second-order valence-electron chi connectivity index (χ2n) is 6.05. The Kier molecular flexibility index (Phi) is 5.74. The molecule has 0 radical (unpaired) electrons. The Morgan fingerprint density at radius 1 is 1.17 bits per heavy atom. The van der Waals surface area contributed by atoms with Gasteiger partial charge in [-0.2, -0.15) is 0 Å². The second-order valence-corrected chi connectivity index (χ2v) is 6.90. The second kappa shape index (κ2) is 7.99. The number of benzene rings is 1. The van der Waals surface area contributed by atoms with Crippen molar-refractivity contribution in [1.82, 2.24) is 4.98 Å². The lowest BCUT2D eigenvalue weighted by Gasteiger charge is -2.33. The maximum atomic E-state index is 6.10. The number of aromatic nitrogens is 1. The minimum absolute atomic E-state index is 0.294. The highest BCUT2D eigenvalue weighted by molar-refractivity contribution is 9.10. The summed E-state index contributed by atoms with van der Waals surface area (Å²) in [5.74, 6) is 1.95. The quantitative estimate of drug-likeness (QED) is 0.759. The van der Waals surface area contributed by atoms with E-state index in [0.717, 1.165) is 53.2 Å². The Morgan fingerprint density at radius 2 is 1.92 bits per heavy atom. The van der Waals surface area contributed by atoms with E-state index in [4.69, 9.17) is 9.47 Å². The smallest absolute Gasteiger partial charge is 0.128 e. The van der Waals surface area contributed by atoms with E-state index >= 15 is 0 Å². The van der Waals surface area contributed by atoms with Gasteiger partial charge in [0, 0.05) is 23.1 Å². The maximum absolute atomic E-state index is 6.10. The minimum Gasteiger partial charge on any atom is -0.496 e. The molecule has 0 atom stereocenters. The average molecular weight is 391 g/mol. The van der Waals surface area contributed by atoms with E-state index in [1.54, 1.807) is 7.11 Å². The molecule has 3 rings (SSSR count). The number of aryl methyl sites for hydroxylation is 1. The van der Waals surface area contributed by atoms with Crippen molar-refractivity contribution in [3.63, 3.8) is 0 Å². The van der Waals surface area contributed by atoms with Gasteiger partial charge < -0.3 is 14.4 Å². The summed E-state index contributed by atoms with van der Waals surface area (Å²) in [7, 11) is 1.70. The standard InChI is InChI=1S/C19H23BrN2O2/c1-14-17(20)7-8-19(21-14)22-11-9-16(10-12-22)24-13-15-5-3-4-6-18(15)23-2/h3-8,16H,9-13H2,1-2H3. The lowest BCUT2D eigenvalue weighted by atomic mass is 10.1. The zero-order chi connectivity index (χ0) is 16.9. The fourth-order valence-electron chi connectivity index (χ4n) is 2.99. The van der Waals surface area contributed by atoms with E-state index in [9.17, 15) is 0 Å². The highest BCUT2D eigenvalue weighted by Gasteiger charge is 2.21. The normalized spacial score (nSPS) is 15.5. The molecule has 5 heteroatoms. The van der Waals surface area contributed by atoms with E-state index in [-0.39, 0.29) is 0 Å². The Hall–Kier alpha value is -1.59. The molecule has 1 aliphatic heterocycles. The van der Waals surface area contributed by atoms with Crippen LogP contribution >= 0.6 is 15.9 Å². The highest BCUT2D eigenvalue weighted by Crippen LogP contribution is 2.25. The van der Waals surface area contributed by atoms with Crippen LogP contribution in [0.1, 0.15) is 24.1 Å². The largest absolute Gasteiger partial charge is 0.496 e. The number of hydrogen-bond donors (Lipinski definition) is 0. The van der Waals surface area contributed by atoms with Crippen molar-refractivity contribution in [3.05, 3.63) is 52.1 Å². The van der Waals surface area contributed by atoms with Crippen LogP contribution in [0.25, 0.3) is 0 Å². The molecule has 1 aromatic heterocycles. The predicted octanol–water partition coefficient (Wildman–Crippen LogP) is 4.35. The molecule has 0 N–H and O–H groups in total. The molecule has 2 aromatic rings. The summed E-state index contributed by atoms with van der Waals surface area (Å²) in [4.78, 5) is 7.00. The summed E-state index contributed by atoms with van der Waals surface area (Å²) < 4.78 is 12.5. The van der Waals surface area contributed by atoms with Crippen LogP contribution in [-0.2, 0) is 11.3 Å². The molecule has 0 aliphatic carbocycles. The zero-order valence-corrected chi connectivity index (χ0v) is 15.8. The van der Waals surface area contributed by atoms with E-state index in [2.05, 4.69) is 44.0 Å². The van der Waals surface area contributed by atoms with Crippen LogP contribution < -0.4 is 9.64 Å². The van der Waals surface area contributed by atoms with Crippen molar-refractivity contribution in [3.8, 4) is 5.75 Å². The van der Waals surface area contributed by atoms with Crippen molar-refractivity contribution in [1.29, 1.82) is 0 Å². The number of methoxy groups -OCH3 is 1. The zero-order valence-electron chi connectivity index (χ0n) is 14.2. The molecule has 1 saturated heterocycles. The summed E-state index contributed by atoms with van der Waals surface area (Å²) in [5, 5.41) is 0. The molecule has 128 valence electrons. The van der Waals surface area contributed by atoms with Crippen molar-refractivity contribution >= 4 is 21.7 Å². The third-order valence-electron chi connectivity index (χ3n) is 4.44. The highest BCUT2D eigenvalue weighted by atomic mass is 79.9. The summed E-state index contributed by atoms with van der Waals surface area (Å²) in [5.41, 5.74) is 2.13. The van der Waals surface area contributed by atoms with Crippen LogP contribution in [0.15, 0.2) is 40.9 Å². The molecule has 0 unspecified atom stereocenters. The van der Waals surface area contributed by atoms with E-state index < -0.39 is 0 Å². The first-order chi connectivity index (χ1) is 11.7. The molecule has 1 aliphatic rings. The first-order valence-corrected chi connectivity index (χ1v) is 9.08. The van der Waals surface area contributed by atoms with Crippen molar-refractivity contribution in [2.45, 2.75) is 32.5 Å². The molecule has 4 nitrogen and oxygen atoms in total. The number of rotatable bonds is 5. The number of piperidine rings is 1. The molecular formula is C19H23BrN2O2. The SMILES string of the molecule is COc1ccccc1COC1CCN(c2ccc(Br)c(C)n2)CC1. The fraction of sp³-hybridized carbons (Fsp3) is 0.421. The summed E-state index contributed by atoms with van der Waals surface area (Å²) in [6.07, 6.45) is 2.33. The Bertz CT molecular complexity index is 685. The molecule has 1 aromatic carbocycles. The number of para-hydroxylation sites is 1. The Labute approximate surface area is 151 Å². The molecule has 0 spiro atoms. The molecule has 1 fully saturated rings. The molecular weight excluding hydrogens is 368 g/mol. The van der Waals surface area contributed by atoms with Gasteiger partial charge in [0.05, 0.1) is 25.5 Å². The lowest BCUT2D eigenvalue weighted by molar-refractivity contribution is 0.0241. The number of ether oxygens (including phenoxy) is 2. The van der Waals surface area contributed by atoms with Crippen LogP contribution in [0.4, 0.5) is 5.82 Å². The van der Waals surface area contributed by atoms with Crippen molar-refractivity contribution in [2.24, 2.45) is 0 Å². The summed E-state index contributed by atoms with van der Waals surface area (Å²) in [6, 6.07) is 12.2. The van der Waals surface area contributed by atoms with Crippen molar-refractivity contribution in [2.75, 3.05) is 25.1 Å². The molecule has 2 heterocycles. The summed E-state index contributed by atoms with van der Waals surface area (Å²) in [6.45, 7) is 4.58. The average Bonchev–Trinajstić information content (AvgIpc) is 2.63. The molecule has 24 heavy (non-hydrogen) atoms. The van der Waals surface area contributed by atoms with Gasteiger partial charge in [0.2, 0.25) is 0 Å². The van der Waals surface area contributed by atoms with Crippen LogP contribution in [0, 0.1) is 6.92 Å². The number of pyridine rings is 1. The predicted molar refractivity (Wildman–Crippen MR) is 99.7 cm³/mol. The van der Waals surface area contributed by atoms with Gasteiger partial charge in [0.15, 0.2) is 0 Å². The van der Waals surface area contributed by atoms with Gasteiger partial charge in [-0.15, -0.1) is 0 Å². The maximum Gasteiger partial charge on any atom is 0.128 e. The van der Waals surface area contributed by atoms with Gasteiger partial charge in [-0.05, 0) is 53.9 Å². The first kappa shape index (κ1) is 17.2. The van der Waals surface area contributed by atoms with Crippen LogP contribution in [0.5, 0.6) is 5.75 Å². The van der Waals surface area contributed by atoms with Gasteiger partial charge in [-0.3, -0.25) is 0 Å². The van der Waals surface area contributed by atoms with Crippen LogP contribution in [-0.4, -0.2) is 31.3 Å². The molecule has 0 bridgehead atoms. The van der Waals surface area contributed by atoms with Gasteiger partial charge in [-0.1, -0.05) is 18.2 Å². The minimum atomic E-state index is 0.294. The van der Waals surface area contributed by atoms with Gasteiger partial charge in [-0.25, -0.2) is 4.98 Å².